The third kappa shape index (κ3) is 1.77. The summed E-state index contributed by atoms with van der Waals surface area (Å²) in [6.45, 7) is 1.34. The van der Waals surface area contributed by atoms with Gasteiger partial charge in [-0.2, -0.15) is 0 Å². The Morgan fingerprint density at radius 1 is 1.35 bits per heavy atom. The van der Waals surface area contributed by atoms with Gasteiger partial charge in [0.15, 0.2) is 0 Å². The fourth-order valence-electron chi connectivity index (χ4n) is 3.14. The number of amides is 1. The first kappa shape index (κ1) is 10.6. The van der Waals surface area contributed by atoms with Crippen LogP contribution in [0.15, 0.2) is 18.3 Å². The molecule has 1 amide bonds. The third-order valence-corrected chi connectivity index (χ3v) is 4.19. The summed E-state index contributed by atoms with van der Waals surface area (Å²) >= 11 is 0. The Morgan fingerprint density at radius 3 is 2.76 bits per heavy atom. The molecule has 17 heavy (non-hydrogen) atoms. The lowest BCUT2D eigenvalue weighted by molar-refractivity contribution is 0.0936. The second-order valence-corrected chi connectivity index (χ2v) is 5.23. The molecule has 0 radical (unpaired) electrons. The SMILES string of the molecule is O=C(O)N1CCC2(CC1)Cc1cccnc1C2. The zero-order chi connectivity index (χ0) is 11.9. The molecule has 0 unspecified atom stereocenters. The zero-order valence-corrected chi connectivity index (χ0v) is 9.72. The van der Waals surface area contributed by atoms with Gasteiger partial charge in [0.25, 0.3) is 0 Å². The molecule has 1 N–H and O–H groups in total. The van der Waals surface area contributed by atoms with E-state index in [9.17, 15) is 4.79 Å². The number of piperidine rings is 1. The van der Waals surface area contributed by atoms with Crippen LogP contribution in [0.25, 0.3) is 0 Å². The Labute approximate surface area is 100 Å². The third-order valence-electron chi connectivity index (χ3n) is 4.19. The molecule has 3 rings (SSSR count). The number of nitrogens with zero attached hydrogens (tertiary/aromatic N) is 2. The van der Waals surface area contributed by atoms with Crippen LogP contribution in [-0.2, 0) is 12.8 Å². The van der Waals surface area contributed by atoms with Crippen LogP contribution < -0.4 is 0 Å². The van der Waals surface area contributed by atoms with Crippen LogP contribution in [0.4, 0.5) is 4.79 Å². The first-order chi connectivity index (χ1) is 8.19. The van der Waals surface area contributed by atoms with Gasteiger partial charge in [0.1, 0.15) is 0 Å². The van der Waals surface area contributed by atoms with Crippen molar-refractivity contribution in [3.05, 3.63) is 29.6 Å². The molecule has 4 heteroatoms. The number of hydrogen-bond donors (Lipinski definition) is 1. The second-order valence-electron chi connectivity index (χ2n) is 5.23. The minimum Gasteiger partial charge on any atom is -0.465 e. The lowest BCUT2D eigenvalue weighted by atomic mass is 9.76. The van der Waals surface area contributed by atoms with E-state index in [1.165, 1.54) is 16.2 Å². The molecule has 0 atom stereocenters. The molecule has 1 aromatic heterocycles. The van der Waals surface area contributed by atoms with E-state index in [1.807, 2.05) is 12.3 Å². The molecule has 1 spiro atoms. The van der Waals surface area contributed by atoms with Crippen molar-refractivity contribution in [2.24, 2.45) is 5.41 Å². The average Bonchev–Trinajstić information content (AvgIpc) is 2.67. The number of aromatic nitrogens is 1. The van der Waals surface area contributed by atoms with Crippen molar-refractivity contribution in [2.75, 3.05) is 13.1 Å². The van der Waals surface area contributed by atoms with Gasteiger partial charge in [-0.25, -0.2) is 4.79 Å². The summed E-state index contributed by atoms with van der Waals surface area (Å²) in [7, 11) is 0. The van der Waals surface area contributed by atoms with Crippen molar-refractivity contribution < 1.29 is 9.90 Å². The van der Waals surface area contributed by atoms with E-state index in [1.54, 1.807) is 0 Å². The van der Waals surface area contributed by atoms with Crippen LogP contribution in [-0.4, -0.2) is 34.2 Å². The maximum Gasteiger partial charge on any atom is 0.407 e. The first-order valence-electron chi connectivity index (χ1n) is 6.09. The molecular weight excluding hydrogens is 216 g/mol. The number of carboxylic acid groups (broad SMARTS) is 1. The molecule has 0 bridgehead atoms. The molecule has 4 nitrogen and oxygen atoms in total. The topological polar surface area (TPSA) is 53.4 Å². The van der Waals surface area contributed by atoms with Crippen LogP contribution in [0.2, 0.25) is 0 Å². The Balaban J connectivity index is 1.74. The van der Waals surface area contributed by atoms with Gasteiger partial charge in [-0.3, -0.25) is 4.98 Å². The van der Waals surface area contributed by atoms with Crippen molar-refractivity contribution in [3.63, 3.8) is 0 Å². The number of hydrogen-bond acceptors (Lipinski definition) is 2. The Bertz CT molecular complexity index is 423. The summed E-state index contributed by atoms with van der Waals surface area (Å²) in [5, 5.41) is 8.96. The van der Waals surface area contributed by atoms with E-state index in [2.05, 4.69) is 11.1 Å². The molecule has 90 valence electrons. The highest BCUT2D eigenvalue weighted by Gasteiger charge is 2.41. The molecule has 0 saturated carbocycles. The predicted molar refractivity (Wildman–Crippen MR) is 62.9 cm³/mol. The van der Waals surface area contributed by atoms with Gasteiger partial charge in [-0.15, -0.1) is 0 Å². The van der Waals surface area contributed by atoms with Crippen LogP contribution in [0.5, 0.6) is 0 Å². The molecular formula is C13H16N2O2. The minimum absolute atomic E-state index is 0.280. The average molecular weight is 232 g/mol. The summed E-state index contributed by atoms with van der Waals surface area (Å²) < 4.78 is 0. The van der Waals surface area contributed by atoms with E-state index in [-0.39, 0.29) is 5.41 Å². The number of fused-ring (bicyclic) bond motifs is 1. The van der Waals surface area contributed by atoms with Crippen molar-refractivity contribution >= 4 is 6.09 Å². The first-order valence-corrected chi connectivity index (χ1v) is 6.09. The highest BCUT2D eigenvalue weighted by atomic mass is 16.4. The van der Waals surface area contributed by atoms with Crippen LogP contribution in [0.3, 0.4) is 0 Å². The van der Waals surface area contributed by atoms with Crippen LogP contribution >= 0.6 is 0 Å². The lowest BCUT2D eigenvalue weighted by Crippen LogP contribution is -2.43. The Morgan fingerprint density at radius 2 is 2.12 bits per heavy atom. The normalized spacial score (nSPS) is 21.5. The fraction of sp³-hybridized carbons (Fsp3) is 0.538. The summed E-state index contributed by atoms with van der Waals surface area (Å²) in [5.41, 5.74) is 2.86. The molecule has 2 aliphatic rings. The Kier molecular flexibility index (Phi) is 2.31. The summed E-state index contributed by atoms with van der Waals surface area (Å²) in [6.07, 6.45) is 5.10. The molecule has 0 aromatic carbocycles. The van der Waals surface area contributed by atoms with Crippen LogP contribution in [0, 0.1) is 5.41 Å². The van der Waals surface area contributed by atoms with Crippen molar-refractivity contribution in [2.45, 2.75) is 25.7 Å². The standard InChI is InChI=1S/C13H16N2O2/c16-12(17)15-6-3-13(4-7-15)8-10-2-1-5-14-11(10)9-13/h1-2,5H,3-4,6-9H2,(H,16,17). The van der Waals surface area contributed by atoms with Gasteiger partial charge in [-0.05, 0) is 42.7 Å². The largest absolute Gasteiger partial charge is 0.465 e. The molecule has 1 aromatic rings. The highest BCUT2D eigenvalue weighted by molar-refractivity contribution is 5.65. The monoisotopic (exact) mass is 232 g/mol. The Hall–Kier alpha value is -1.58. The van der Waals surface area contributed by atoms with Crippen LogP contribution in [0.1, 0.15) is 24.1 Å². The maximum atomic E-state index is 10.9. The second kappa shape index (κ2) is 3.72. The van der Waals surface area contributed by atoms with Gasteiger partial charge in [0, 0.05) is 25.0 Å². The minimum atomic E-state index is -0.784. The van der Waals surface area contributed by atoms with E-state index < -0.39 is 6.09 Å². The van der Waals surface area contributed by atoms with E-state index >= 15 is 0 Å². The van der Waals surface area contributed by atoms with E-state index in [0.29, 0.717) is 13.1 Å². The predicted octanol–water partition coefficient (Wildman–Crippen LogP) is 1.94. The lowest BCUT2D eigenvalue weighted by Gasteiger charge is -2.37. The summed E-state index contributed by atoms with van der Waals surface area (Å²) in [5.74, 6) is 0. The van der Waals surface area contributed by atoms with E-state index in [0.717, 1.165) is 25.7 Å². The van der Waals surface area contributed by atoms with Gasteiger partial charge in [-0.1, -0.05) is 6.07 Å². The highest BCUT2D eigenvalue weighted by Crippen LogP contribution is 2.43. The summed E-state index contributed by atoms with van der Waals surface area (Å²) in [4.78, 5) is 16.9. The van der Waals surface area contributed by atoms with Gasteiger partial charge in [0.05, 0.1) is 0 Å². The van der Waals surface area contributed by atoms with Gasteiger partial charge < -0.3 is 10.0 Å². The van der Waals surface area contributed by atoms with Crippen molar-refractivity contribution in [1.29, 1.82) is 0 Å². The van der Waals surface area contributed by atoms with E-state index in [4.69, 9.17) is 5.11 Å². The molecule has 1 fully saturated rings. The quantitative estimate of drug-likeness (QED) is 0.743. The summed E-state index contributed by atoms with van der Waals surface area (Å²) in [6, 6.07) is 4.14. The smallest absolute Gasteiger partial charge is 0.407 e. The number of likely N-dealkylation sites (tertiary alicyclic amines) is 1. The number of carbonyl (C=O) groups is 1. The van der Waals surface area contributed by atoms with Gasteiger partial charge in [0.2, 0.25) is 0 Å². The van der Waals surface area contributed by atoms with Crippen molar-refractivity contribution in [1.82, 2.24) is 9.88 Å². The zero-order valence-electron chi connectivity index (χ0n) is 9.72. The molecule has 2 heterocycles. The maximum absolute atomic E-state index is 10.9. The fourth-order valence-corrected chi connectivity index (χ4v) is 3.14. The van der Waals surface area contributed by atoms with Gasteiger partial charge >= 0.3 is 6.09 Å². The van der Waals surface area contributed by atoms with Crippen molar-refractivity contribution in [3.8, 4) is 0 Å². The molecule has 1 saturated heterocycles. The molecule has 1 aliphatic carbocycles. The molecule has 1 aliphatic heterocycles. The number of rotatable bonds is 0. The number of pyridine rings is 1.